The molecule has 6 nitrogen and oxygen atoms in total. The summed E-state index contributed by atoms with van der Waals surface area (Å²) < 4.78 is 10.6. The summed E-state index contributed by atoms with van der Waals surface area (Å²) in [6.45, 7) is 10.8. The predicted molar refractivity (Wildman–Crippen MR) is 413 cm³/mol. The molecule has 98 heavy (non-hydrogen) atoms. The molecule has 7 heteroatoms. The maximum atomic E-state index is 12.6. The second-order valence-electron chi connectivity index (χ2n) is 26.5. The highest BCUT2D eigenvalue weighted by Gasteiger charge is 2.31. The average molecular weight is 1270 g/mol. The third-order valence-corrected chi connectivity index (χ3v) is 21.4. The van der Waals surface area contributed by atoms with E-state index in [0.717, 1.165) is 132 Å². The topological polar surface area (TPSA) is 56.4 Å². The maximum Gasteiger partial charge on any atom is 0.126 e. The first-order chi connectivity index (χ1) is 48.1. The fraction of sp³-hybridized carbons (Fsp3) is 0.0549. The first kappa shape index (κ1) is 57.1. The number of nitrogens with zero attached hydrogens (tertiary/aromatic N) is 6. The molecule has 0 saturated heterocycles. The van der Waals surface area contributed by atoms with E-state index in [9.17, 15) is 5.26 Å². The molecule has 0 aliphatic heterocycles. The van der Waals surface area contributed by atoms with Crippen LogP contribution in [0, 0.1) is 45.9 Å². The molecule has 0 atom stereocenters. The highest BCUT2D eigenvalue weighted by molar-refractivity contribution is 7.21. The summed E-state index contributed by atoms with van der Waals surface area (Å²) in [5.74, 6) is 0. The number of aromatic nitrogens is 5. The van der Waals surface area contributed by atoms with Crippen LogP contribution < -0.4 is 0 Å². The van der Waals surface area contributed by atoms with Gasteiger partial charge in [0.25, 0.3) is 0 Å². The molecule has 14 aromatic carbocycles. The second-order valence-corrected chi connectivity index (χ2v) is 27.6. The smallest absolute Gasteiger partial charge is 0.126 e. The van der Waals surface area contributed by atoms with Gasteiger partial charge in [-0.05, 0) is 208 Å². The molecule has 5 heterocycles. The van der Waals surface area contributed by atoms with Gasteiger partial charge in [-0.3, -0.25) is 0 Å². The first-order valence-electron chi connectivity index (χ1n) is 33.5. The summed E-state index contributed by atoms with van der Waals surface area (Å²) in [7, 11) is 0. The number of hydrogen-bond donors (Lipinski definition) is 0. The molecule has 19 rings (SSSR count). The molecule has 0 spiro atoms. The Hall–Kier alpha value is -12.3. The number of aryl methyl sites for hydroxylation is 5. The molecule has 0 amide bonds. The molecule has 5 aromatic heterocycles. The number of nitriles is 1. The standard InChI is InChI=1S/C91H62N6S/c1-54-22-43-80-70(48-54)67-14-6-10-18-77(67)94(80)63-35-27-59(28-36-63)86-75(53-92)90(91-93-76-17-9-13-21-85(76)98-91)89(62-33-41-65(42-34-62)96-79-20-12-8-16-69(79)72-50-56(3)24-45-82(72)96)88(61-31-39-66(40-32-61)97-83-46-25-57(4)51-73(83)74-52-58(5)26-47-84(74)97)87(86)60-29-37-64(38-30-60)95-78-19-11-7-15-68(78)71-49-55(2)23-44-81(71)95/h6-52H,1-5H3. The summed E-state index contributed by atoms with van der Waals surface area (Å²) in [5, 5.41) is 23.1. The van der Waals surface area contributed by atoms with Crippen molar-refractivity contribution in [1.29, 1.82) is 5.26 Å². The Labute approximate surface area is 570 Å². The number of fused-ring (bicyclic) bond motifs is 13. The number of hydrogen-bond acceptors (Lipinski definition) is 3. The molecule has 0 aliphatic carbocycles. The van der Waals surface area contributed by atoms with Crippen LogP contribution in [-0.2, 0) is 0 Å². The zero-order chi connectivity index (χ0) is 65.6. The van der Waals surface area contributed by atoms with Crippen LogP contribution >= 0.6 is 11.3 Å². The molecule has 462 valence electrons. The minimum absolute atomic E-state index is 0.550. The minimum atomic E-state index is 0.550. The van der Waals surface area contributed by atoms with E-state index < -0.39 is 0 Å². The Bertz CT molecular complexity index is 6490. The van der Waals surface area contributed by atoms with Gasteiger partial charge in [0.2, 0.25) is 0 Å². The van der Waals surface area contributed by atoms with Crippen LogP contribution in [0.25, 0.3) is 175 Å². The lowest BCUT2D eigenvalue weighted by atomic mass is 9.77. The van der Waals surface area contributed by atoms with E-state index in [1.165, 1.54) is 70.9 Å². The fourth-order valence-corrected chi connectivity index (χ4v) is 17.0. The predicted octanol–water partition coefficient (Wildman–Crippen LogP) is 24.4. The molecule has 0 saturated carbocycles. The lowest BCUT2D eigenvalue weighted by Crippen LogP contribution is -2.03. The van der Waals surface area contributed by atoms with Gasteiger partial charge in [0.1, 0.15) is 11.1 Å². The summed E-state index contributed by atoms with van der Waals surface area (Å²) in [6, 6.07) is 108. The lowest BCUT2D eigenvalue weighted by molar-refractivity contribution is 1.18. The van der Waals surface area contributed by atoms with Crippen LogP contribution in [0.5, 0.6) is 0 Å². The summed E-state index contributed by atoms with van der Waals surface area (Å²) in [5.41, 5.74) is 29.2. The average Bonchev–Trinajstić information content (AvgIpc) is 1.41. The van der Waals surface area contributed by atoms with Crippen molar-refractivity contribution in [1.82, 2.24) is 23.3 Å². The molecule has 0 radical (unpaired) electrons. The molecular weight excluding hydrogens is 1210 g/mol. The first-order valence-corrected chi connectivity index (χ1v) is 34.4. The largest absolute Gasteiger partial charge is 0.309 e. The van der Waals surface area contributed by atoms with E-state index in [0.29, 0.717) is 5.56 Å². The van der Waals surface area contributed by atoms with Crippen LogP contribution in [0.1, 0.15) is 33.4 Å². The number of benzene rings is 14. The van der Waals surface area contributed by atoms with E-state index in [1.54, 1.807) is 11.3 Å². The number of thiazole rings is 1. The van der Waals surface area contributed by atoms with Gasteiger partial charge in [0.05, 0.1) is 59.9 Å². The molecule has 19 aromatic rings. The van der Waals surface area contributed by atoms with Gasteiger partial charge >= 0.3 is 0 Å². The monoisotopic (exact) mass is 1270 g/mol. The number of rotatable bonds is 9. The molecule has 0 aliphatic rings. The van der Waals surface area contributed by atoms with Crippen LogP contribution in [0.15, 0.2) is 285 Å². The minimum Gasteiger partial charge on any atom is -0.309 e. The second kappa shape index (κ2) is 22.1. The molecule has 0 bridgehead atoms. The normalized spacial score (nSPS) is 11.9. The summed E-state index contributed by atoms with van der Waals surface area (Å²) in [6.07, 6.45) is 0. The van der Waals surface area contributed by atoms with Gasteiger partial charge in [0.15, 0.2) is 0 Å². The molecule has 0 N–H and O–H groups in total. The quantitative estimate of drug-likeness (QED) is 0.145. The molecule has 0 fully saturated rings. The van der Waals surface area contributed by atoms with Crippen molar-refractivity contribution < 1.29 is 0 Å². The molecular formula is C91H62N6S. The van der Waals surface area contributed by atoms with Gasteiger partial charge in [-0.2, -0.15) is 5.26 Å². The maximum absolute atomic E-state index is 12.6. The van der Waals surface area contributed by atoms with Crippen molar-refractivity contribution in [2.45, 2.75) is 34.6 Å². The molecule has 0 unspecified atom stereocenters. The van der Waals surface area contributed by atoms with Gasteiger partial charge in [-0.1, -0.05) is 173 Å². The van der Waals surface area contributed by atoms with Crippen LogP contribution in [0.3, 0.4) is 0 Å². The van der Waals surface area contributed by atoms with Crippen molar-refractivity contribution in [3.63, 3.8) is 0 Å². The van der Waals surface area contributed by atoms with E-state index in [-0.39, 0.29) is 0 Å². The van der Waals surface area contributed by atoms with Gasteiger partial charge < -0.3 is 18.3 Å². The van der Waals surface area contributed by atoms with Crippen LogP contribution in [0.4, 0.5) is 0 Å². The lowest BCUT2D eigenvalue weighted by Gasteiger charge is -2.26. The van der Waals surface area contributed by atoms with Crippen LogP contribution in [-0.4, -0.2) is 23.3 Å². The fourth-order valence-electron chi connectivity index (χ4n) is 15.9. The summed E-state index contributed by atoms with van der Waals surface area (Å²) >= 11 is 1.64. The van der Waals surface area contributed by atoms with Gasteiger partial charge in [-0.25, -0.2) is 4.98 Å². The van der Waals surface area contributed by atoms with E-state index in [1.807, 2.05) is 0 Å². The number of para-hydroxylation sites is 4. The highest BCUT2D eigenvalue weighted by atomic mass is 32.1. The Balaban J connectivity index is 0.922. The van der Waals surface area contributed by atoms with Crippen molar-refractivity contribution in [3.8, 4) is 83.9 Å². The van der Waals surface area contributed by atoms with E-state index in [4.69, 9.17) is 4.98 Å². The zero-order valence-corrected chi connectivity index (χ0v) is 55.5. The van der Waals surface area contributed by atoms with Crippen molar-refractivity contribution >= 4 is 109 Å². The Kier molecular flexibility index (Phi) is 12.9. The van der Waals surface area contributed by atoms with E-state index >= 15 is 0 Å². The van der Waals surface area contributed by atoms with Crippen LogP contribution in [0.2, 0.25) is 0 Å². The van der Waals surface area contributed by atoms with Crippen molar-refractivity contribution in [2.75, 3.05) is 0 Å². The van der Waals surface area contributed by atoms with Gasteiger partial charge in [-0.15, -0.1) is 11.3 Å². The Morgan fingerprint density at radius 1 is 0.276 bits per heavy atom. The van der Waals surface area contributed by atoms with E-state index in [2.05, 4.69) is 344 Å². The third kappa shape index (κ3) is 8.81. The highest BCUT2D eigenvalue weighted by Crippen LogP contribution is 2.55. The van der Waals surface area contributed by atoms with Crippen molar-refractivity contribution in [2.24, 2.45) is 0 Å². The van der Waals surface area contributed by atoms with Crippen molar-refractivity contribution in [3.05, 3.63) is 318 Å². The SMILES string of the molecule is Cc1ccc2c(c1)c1ccccc1n2-c1ccc(-c2c(C#N)c(-c3nc4ccccc4s3)c(-c3ccc(-n4c5ccccc5c5cc(C)ccc54)cc3)c(-c3ccc(-n4c5ccc(C)cc5c5cc(C)ccc54)cc3)c2-c2ccc(-n3c4ccccc4c4cc(C)ccc43)cc2)cc1. The third-order valence-electron chi connectivity index (χ3n) is 20.3. The zero-order valence-electron chi connectivity index (χ0n) is 54.7. The van der Waals surface area contributed by atoms with Gasteiger partial charge in [0, 0.05) is 82.5 Å². The Morgan fingerprint density at radius 3 is 0.888 bits per heavy atom. The Morgan fingerprint density at radius 2 is 0.551 bits per heavy atom. The summed E-state index contributed by atoms with van der Waals surface area (Å²) in [4.78, 5) is 5.56.